The van der Waals surface area contributed by atoms with Crippen LogP contribution in [0, 0.1) is 23.2 Å². The van der Waals surface area contributed by atoms with Crippen LogP contribution in [0.2, 0.25) is 0 Å². The van der Waals surface area contributed by atoms with E-state index < -0.39 is 6.23 Å². The summed E-state index contributed by atoms with van der Waals surface area (Å²) in [6.07, 6.45) is 7.24. The van der Waals surface area contributed by atoms with E-state index in [2.05, 4.69) is 5.32 Å². The molecular formula is C16H24N2O3. The minimum Gasteiger partial charge on any atom is -0.359 e. The van der Waals surface area contributed by atoms with Crippen LogP contribution in [0.15, 0.2) is 0 Å². The number of nitrogens with zero attached hydrogens (tertiary/aromatic N) is 1. The Bertz CT molecular complexity index is 455. The second kappa shape index (κ2) is 4.45. The van der Waals surface area contributed by atoms with Gasteiger partial charge in [-0.15, -0.1) is 0 Å². The predicted octanol–water partition coefficient (Wildman–Crippen LogP) is 2.12. The van der Waals surface area contributed by atoms with Gasteiger partial charge in [0.1, 0.15) is 0 Å². The van der Waals surface area contributed by atoms with Gasteiger partial charge in [0.25, 0.3) is 0 Å². The van der Waals surface area contributed by atoms with E-state index in [9.17, 15) is 9.59 Å². The molecule has 5 aliphatic rings. The van der Waals surface area contributed by atoms with Gasteiger partial charge in [-0.25, -0.2) is 9.69 Å². The molecular weight excluding hydrogens is 268 g/mol. The van der Waals surface area contributed by atoms with Crippen LogP contribution in [-0.2, 0) is 9.53 Å². The van der Waals surface area contributed by atoms with Crippen molar-refractivity contribution >= 4 is 11.9 Å². The molecule has 2 atom stereocenters. The fourth-order valence-electron chi connectivity index (χ4n) is 6.12. The quantitative estimate of drug-likeness (QED) is 0.848. The first-order chi connectivity index (χ1) is 10.0. The number of nitrogens with one attached hydrogen (secondary N) is 1. The van der Waals surface area contributed by atoms with Gasteiger partial charge in [0, 0.05) is 14.0 Å². The maximum Gasteiger partial charge on any atom is 0.326 e. The lowest BCUT2D eigenvalue weighted by molar-refractivity contribution is -0.142. The van der Waals surface area contributed by atoms with Crippen molar-refractivity contribution in [1.29, 1.82) is 0 Å². The van der Waals surface area contributed by atoms with Crippen LogP contribution in [0.5, 0.6) is 0 Å². The van der Waals surface area contributed by atoms with Crippen molar-refractivity contribution in [3.63, 3.8) is 0 Å². The number of hydrogen-bond donors (Lipinski definition) is 1. The van der Waals surface area contributed by atoms with Crippen molar-refractivity contribution in [2.24, 2.45) is 23.2 Å². The summed E-state index contributed by atoms with van der Waals surface area (Å²) in [6, 6.07) is -0.317. The number of amides is 3. The summed E-state index contributed by atoms with van der Waals surface area (Å²) < 4.78 is 5.58. The molecule has 21 heavy (non-hydrogen) atoms. The molecule has 1 heterocycles. The Morgan fingerprint density at radius 1 is 1.19 bits per heavy atom. The molecule has 1 N–H and O–H groups in total. The van der Waals surface area contributed by atoms with Gasteiger partial charge >= 0.3 is 6.03 Å². The van der Waals surface area contributed by atoms with Crippen LogP contribution in [0.4, 0.5) is 4.79 Å². The van der Waals surface area contributed by atoms with Crippen LogP contribution in [0.1, 0.15) is 45.4 Å². The molecule has 3 amide bonds. The second-order valence-electron chi connectivity index (χ2n) is 7.72. The third-order valence-electron chi connectivity index (χ3n) is 6.36. The number of methoxy groups -OCH3 is 1. The standard InChI is InChI=1S/C16H24N2O3/c1-9(19)18-14(21-2)13(17-15(18)20)16-6-10-3-11(7-16)5-12(4-10)8-16/h10-14H,3-8H2,1-2H3,(H,17,20)/t10?,11?,12?,13-,14+,16?/m0/s1. The molecule has 0 radical (unpaired) electrons. The highest BCUT2D eigenvalue weighted by atomic mass is 16.5. The fraction of sp³-hybridized carbons (Fsp3) is 0.875. The number of hydrogen-bond acceptors (Lipinski definition) is 3. The van der Waals surface area contributed by atoms with Crippen LogP contribution in [-0.4, -0.2) is 36.2 Å². The maximum atomic E-state index is 12.2. The van der Waals surface area contributed by atoms with Gasteiger partial charge in [0.05, 0.1) is 6.04 Å². The molecule has 5 rings (SSSR count). The summed E-state index contributed by atoms with van der Waals surface area (Å²) >= 11 is 0. The first-order valence-corrected chi connectivity index (χ1v) is 8.15. The molecule has 0 aromatic heterocycles. The first-order valence-electron chi connectivity index (χ1n) is 8.15. The highest BCUT2D eigenvalue weighted by molar-refractivity contribution is 5.95. The topological polar surface area (TPSA) is 58.6 Å². The highest BCUT2D eigenvalue weighted by Crippen LogP contribution is 2.62. The Morgan fingerprint density at radius 3 is 2.14 bits per heavy atom. The molecule has 5 fully saturated rings. The van der Waals surface area contributed by atoms with E-state index >= 15 is 0 Å². The molecule has 4 aliphatic carbocycles. The Morgan fingerprint density at radius 2 is 1.71 bits per heavy atom. The molecule has 5 heteroatoms. The summed E-state index contributed by atoms with van der Waals surface area (Å²) in [4.78, 5) is 25.3. The molecule has 0 aromatic carbocycles. The summed E-state index contributed by atoms with van der Waals surface area (Å²) in [5, 5.41) is 3.08. The minimum absolute atomic E-state index is 0.0349. The number of rotatable bonds is 2. The monoisotopic (exact) mass is 292 g/mol. The normalized spacial score (nSPS) is 47.8. The summed E-state index contributed by atoms with van der Waals surface area (Å²) in [6.45, 7) is 1.44. The van der Waals surface area contributed by atoms with Gasteiger partial charge in [-0.2, -0.15) is 0 Å². The van der Waals surface area contributed by atoms with E-state index in [0.717, 1.165) is 17.8 Å². The van der Waals surface area contributed by atoms with Crippen molar-refractivity contribution in [2.45, 2.75) is 57.7 Å². The van der Waals surface area contributed by atoms with E-state index in [-0.39, 0.29) is 23.4 Å². The third kappa shape index (κ3) is 1.86. The summed E-state index contributed by atoms with van der Waals surface area (Å²) in [7, 11) is 1.61. The lowest BCUT2D eigenvalue weighted by Crippen LogP contribution is -2.58. The smallest absolute Gasteiger partial charge is 0.326 e. The maximum absolute atomic E-state index is 12.2. The highest BCUT2D eigenvalue weighted by Gasteiger charge is 2.59. The molecule has 1 saturated heterocycles. The van der Waals surface area contributed by atoms with Gasteiger partial charge in [-0.1, -0.05) is 0 Å². The zero-order valence-corrected chi connectivity index (χ0v) is 12.8. The molecule has 0 spiro atoms. The van der Waals surface area contributed by atoms with Crippen LogP contribution >= 0.6 is 0 Å². The molecule has 116 valence electrons. The van der Waals surface area contributed by atoms with Gasteiger partial charge in [-0.3, -0.25) is 4.79 Å². The van der Waals surface area contributed by atoms with Crippen molar-refractivity contribution in [2.75, 3.05) is 7.11 Å². The molecule has 4 bridgehead atoms. The van der Waals surface area contributed by atoms with Crippen LogP contribution < -0.4 is 5.32 Å². The number of urea groups is 1. The van der Waals surface area contributed by atoms with E-state index in [4.69, 9.17) is 4.74 Å². The zero-order chi connectivity index (χ0) is 14.8. The predicted molar refractivity (Wildman–Crippen MR) is 76.2 cm³/mol. The molecule has 5 nitrogen and oxygen atoms in total. The van der Waals surface area contributed by atoms with E-state index in [0.29, 0.717) is 0 Å². The van der Waals surface area contributed by atoms with Crippen molar-refractivity contribution < 1.29 is 14.3 Å². The molecule has 0 unspecified atom stereocenters. The van der Waals surface area contributed by atoms with Gasteiger partial charge in [-0.05, 0) is 61.7 Å². The van der Waals surface area contributed by atoms with Gasteiger partial charge < -0.3 is 10.1 Å². The van der Waals surface area contributed by atoms with Crippen LogP contribution in [0.25, 0.3) is 0 Å². The van der Waals surface area contributed by atoms with E-state index in [1.54, 1.807) is 7.11 Å². The van der Waals surface area contributed by atoms with Gasteiger partial charge in [0.2, 0.25) is 5.91 Å². The average Bonchev–Trinajstić information content (AvgIpc) is 2.74. The minimum atomic E-state index is -0.439. The molecule has 0 aromatic rings. The first kappa shape index (κ1) is 13.6. The van der Waals surface area contributed by atoms with E-state index in [1.165, 1.54) is 50.3 Å². The Kier molecular flexibility index (Phi) is 2.87. The number of carbonyl (C=O) groups excluding carboxylic acids is 2. The molecule has 1 aliphatic heterocycles. The van der Waals surface area contributed by atoms with Gasteiger partial charge in [0.15, 0.2) is 6.23 Å². The number of imide groups is 1. The summed E-state index contributed by atoms with van der Waals surface area (Å²) in [5.41, 5.74) is 0.148. The Labute approximate surface area is 125 Å². The van der Waals surface area contributed by atoms with Crippen molar-refractivity contribution in [3.05, 3.63) is 0 Å². The lowest BCUT2D eigenvalue weighted by atomic mass is 9.47. The van der Waals surface area contributed by atoms with E-state index in [1.807, 2.05) is 0 Å². The zero-order valence-electron chi connectivity index (χ0n) is 12.8. The fourth-order valence-corrected chi connectivity index (χ4v) is 6.12. The largest absolute Gasteiger partial charge is 0.359 e. The third-order valence-corrected chi connectivity index (χ3v) is 6.36. The van der Waals surface area contributed by atoms with Crippen molar-refractivity contribution in [3.8, 4) is 0 Å². The van der Waals surface area contributed by atoms with Crippen molar-refractivity contribution in [1.82, 2.24) is 10.2 Å². The number of ether oxygens (including phenoxy) is 1. The van der Waals surface area contributed by atoms with Crippen LogP contribution in [0.3, 0.4) is 0 Å². The molecule has 4 saturated carbocycles. The SMILES string of the molecule is CO[C@@H]1[C@@H](C23CC4CC(CC(C4)C2)C3)NC(=O)N1C(C)=O. The second-order valence-corrected chi connectivity index (χ2v) is 7.72. The number of carbonyl (C=O) groups is 2. The lowest BCUT2D eigenvalue weighted by Gasteiger charge is -2.59. The Balaban J connectivity index is 1.66. The summed E-state index contributed by atoms with van der Waals surface area (Å²) in [5.74, 6) is 2.22. The average molecular weight is 292 g/mol. The Hall–Kier alpha value is -1.10.